The van der Waals surface area contributed by atoms with Gasteiger partial charge in [-0.3, -0.25) is 0 Å². The summed E-state index contributed by atoms with van der Waals surface area (Å²) in [6, 6.07) is 2.37. The summed E-state index contributed by atoms with van der Waals surface area (Å²) in [6.45, 7) is 12.3. The Morgan fingerprint density at radius 3 is 2.62 bits per heavy atom. The van der Waals surface area contributed by atoms with Gasteiger partial charge in [0, 0.05) is 30.7 Å². The molecule has 92 valence electrons. The summed E-state index contributed by atoms with van der Waals surface area (Å²) >= 11 is 0. The van der Waals surface area contributed by atoms with Gasteiger partial charge in [0.05, 0.1) is 5.69 Å². The van der Waals surface area contributed by atoms with Crippen molar-refractivity contribution in [2.75, 3.05) is 6.54 Å². The first-order chi connectivity index (χ1) is 7.37. The summed E-state index contributed by atoms with van der Waals surface area (Å²) in [4.78, 5) is 0. The van der Waals surface area contributed by atoms with Crippen molar-refractivity contribution in [1.29, 1.82) is 0 Å². The first kappa shape index (κ1) is 13.2. The highest BCUT2D eigenvalue weighted by Gasteiger charge is 2.11. The van der Waals surface area contributed by atoms with Crippen molar-refractivity contribution in [3.63, 3.8) is 0 Å². The molecule has 1 unspecified atom stereocenters. The molecule has 0 amide bonds. The van der Waals surface area contributed by atoms with Crippen LogP contribution in [0.1, 0.15) is 39.1 Å². The SMILES string of the molecule is Cc1cc(CNC(C)CNC(C)(C)C)no1. The van der Waals surface area contributed by atoms with Crippen LogP contribution in [0, 0.1) is 6.92 Å². The predicted octanol–water partition coefficient (Wildman–Crippen LogP) is 1.85. The molecule has 2 N–H and O–H groups in total. The lowest BCUT2D eigenvalue weighted by molar-refractivity contribution is 0.373. The Morgan fingerprint density at radius 2 is 2.12 bits per heavy atom. The maximum absolute atomic E-state index is 5.01. The van der Waals surface area contributed by atoms with E-state index < -0.39 is 0 Å². The molecule has 0 aromatic carbocycles. The average Bonchev–Trinajstić information content (AvgIpc) is 2.57. The molecule has 0 saturated carbocycles. The molecule has 1 rings (SSSR count). The molecule has 16 heavy (non-hydrogen) atoms. The molecule has 4 heteroatoms. The molecule has 0 aliphatic rings. The van der Waals surface area contributed by atoms with Gasteiger partial charge in [-0.25, -0.2) is 0 Å². The predicted molar refractivity (Wildman–Crippen MR) is 65.3 cm³/mol. The van der Waals surface area contributed by atoms with E-state index in [1.54, 1.807) is 0 Å². The van der Waals surface area contributed by atoms with E-state index >= 15 is 0 Å². The van der Waals surface area contributed by atoms with Crippen molar-refractivity contribution in [3.8, 4) is 0 Å². The third-order valence-corrected chi connectivity index (χ3v) is 2.25. The van der Waals surface area contributed by atoms with Gasteiger partial charge >= 0.3 is 0 Å². The minimum absolute atomic E-state index is 0.167. The molecule has 0 bridgehead atoms. The molecule has 1 aromatic rings. The monoisotopic (exact) mass is 225 g/mol. The molecule has 1 heterocycles. The zero-order chi connectivity index (χ0) is 12.2. The first-order valence-electron chi connectivity index (χ1n) is 5.77. The third kappa shape index (κ3) is 5.28. The summed E-state index contributed by atoms with van der Waals surface area (Å²) in [5, 5.41) is 10.8. The van der Waals surface area contributed by atoms with E-state index in [2.05, 4.69) is 43.5 Å². The summed E-state index contributed by atoms with van der Waals surface area (Å²) in [7, 11) is 0. The Labute approximate surface area is 97.8 Å². The number of rotatable bonds is 5. The van der Waals surface area contributed by atoms with E-state index in [9.17, 15) is 0 Å². The van der Waals surface area contributed by atoms with Gasteiger partial charge in [0.15, 0.2) is 0 Å². The molecule has 1 atom stereocenters. The summed E-state index contributed by atoms with van der Waals surface area (Å²) in [5.41, 5.74) is 1.13. The number of aryl methyl sites for hydroxylation is 1. The third-order valence-electron chi connectivity index (χ3n) is 2.25. The second-order valence-electron chi connectivity index (χ2n) is 5.34. The lowest BCUT2D eigenvalue weighted by Gasteiger charge is -2.23. The maximum atomic E-state index is 5.01. The maximum Gasteiger partial charge on any atom is 0.133 e. The van der Waals surface area contributed by atoms with Crippen molar-refractivity contribution >= 4 is 0 Å². The van der Waals surface area contributed by atoms with Gasteiger partial charge in [-0.2, -0.15) is 0 Å². The van der Waals surface area contributed by atoms with Crippen LogP contribution in [0.25, 0.3) is 0 Å². The molecule has 0 saturated heterocycles. The topological polar surface area (TPSA) is 50.1 Å². The number of hydrogen-bond acceptors (Lipinski definition) is 4. The standard InChI is InChI=1S/C12H23N3O/c1-9(7-14-12(3,4)5)13-8-11-6-10(2)16-15-11/h6,9,13-14H,7-8H2,1-5H3. The highest BCUT2D eigenvalue weighted by molar-refractivity contribution is 5.03. The van der Waals surface area contributed by atoms with Crippen molar-refractivity contribution in [2.45, 2.75) is 52.7 Å². The number of aromatic nitrogens is 1. The zero-order valence-electron chi connectivity index (χ0n) is 10.9. The minimum atomic E-state index is 0.167. The van der Waals surface area contributed by atoms with Crippen LogP contribution in [0.3, 0.4) is 0 Å². The molecule has 0 radical (unpaired) electrons. The Hall–Kier alpha value is -0.870. The van der Waals surface area contributed by atoms with Crippen LogP contribution in [0.2, 0.25) is 0 Å². The highest BCUT2D eigenvalue weighted by Crippen LogP contribution is 2.02. The smallest absolute Gasteiger partial charge is 0.133 e. The van der Waals surface area contributed by atoms with E-state index in [-0.39, 0.29) is 5.54 Å². The van der Waals surface area contributed by atoms with E-state index in [1.165, 1.54) is 0 Å². The lowest BCUT2D eigenvalue weighted by Crippen LogP contribution is -2.44. The van der Waals surface area contributed by atoms with Gasteiger partial charge in [-0.05, 0) is 34.6 Å². The van der Waals surface area contributed by atoms with Crippen LogP contribution in [-0.4, -0.2) is 23.3 Å². The van der Waals surface area contributed by atoms with Gasteiger partial charge in [0.1, 0.15) is 5.76 Å². The minimum Gasteiger partial charge on any atom is -0.361 e. The van der Waals surface area contributed by atoms with Crippen LogP contribution in [0.15, 0.2) is 10.6 Å². The fraction of sp³-hybridized carbons (Fsp3) is 0.750. The second kappa shape index (κ2) is 5.46. The summed E-state index contributed by atoms with van der Waals surface area (Å²) in [6.07, 6.45) is 0. The number of hydrogen-bond donors (Lipinski definition) is 2. The second-order valence-corrected chi connectivity index (χ2v) is 5.34. The van der Waals surface area contributed by atoms with Gasteiger partial charge in [0.2, 0.25) is 0 Å². The Kier molecular flexibility index (Phi) is 4.50. The summed E-state index contributed by atoms with van der Waals surface area (Å²) < 4.78 is 5.01. The van der Waals surface area contributed by atoms with Crippen LogP contribution >= 0.6 is 0 Å². The Bertz CT molecular complexity index is 314. The van der Waals surface area contributed by atoms with Gasteiger partial charge in [-0.15, -0.1) is 0 Å². The lowest BCUT2D eigenvalue weighted by atomic mass is 10.1. The van der Waals surface area contributed by atoms with Gasteiger partial charge in [-0.1, -0.05) is 5.16 Å². The molecule has 0 aliphatic heterocycles. The molecule has 4 nitrogen and oxygen atoms in total. The van der Waals surface area contributed by atoms with Gasteiger partial charge in [0.25, 0.3) is 0 Å². The van der Waals surface area contributed by atoms with Crippen LogP contribution in [-0.2, 0) is 6.54 Å². The molecular weight excluding hydrogens is 202 g/mol. The largest absolute Gasteiger partial charge is 0.361 e. The Morgan fingerprint density at radius 1 is 1.44 bits per heavy atom. The number of nitrogens with one attached hydrogen (secondary N) is 2. The quantitative estimate of drug-likeness (QED) is 0.803. The fourth-order valence-corrected chi connectivity index (χ4v) is 1.31. The van der Waals surface area contributed by atoms with Crippen molar-refractivity contribution in [1.82, 2.24) is 15.8 Å². The van der Waals surface area contributed by atoms with Crippen LogP contribution in [0.4, 0.5) is 0 Å². The average molecular weight is 225 g/mol. The van der Waals surface area contributed by atoms with Crippen LogP contribution in [0.5, 0.6) is 0 Å². The molecular formula is C12H23N3O. The zero-order valence-corrected chi connectivity index (χ0v) is 10.9. The molecule has 0 spiro atoms. The first-order valence-corrected chi connectivity index (χ1v) is 5.77. The normalized spacial score (nSPS) is 14.1. The molecule has 0 fully saturated rings. The summed E-state index contributed by atoms with van der Waals surface area (Å²) in [5.74, 6) is 0.859. The van der Waals surface area contributed by atoms with E-state index in [0.717, 1.165) is 24.5 Å². The van der Waals surface area contributed by atoms with Crippen molar-refractivity contribution in [3.05, 3.63) is 17.5 Å². The van der Waals surface area contributed by atoms with E-state index in [0.29, 0.717) is 6.04 Å². The fourth-order valence-electron chi connectivity index (χ4n) is 1.31. The number of nitrogens with zero attached hydrogens (tertiary/aromatic N) is 1. The molecule has 0 aliphatic carbocycles. The highest BCUT2D eigenvalue weighted by atomic mass is 16.5. The van der Waals surface area contributed by atoms with E-state index in [1.807, 2.05) is 13.0 Å². The van der Waals surface area contributed by atoms with E-state index in [4.69, 9.17) is 4.52 Å². The van der Waals surface area contributed by atoms with Crippen molar-refractivity contribution in [2.24, 2.45) is 0 Å². The van der Waals surface area contributed by atoms with Crippen LogP contribution < -0.4 is 10.6 Å². The van der Waals surface area contributed by atoms with Crippen molar-refractivity contribution < 1.29 is 4.52 Å². The molecule has 1 aromatic heterocycles. The Balaban J connectivity index is 2.22. The van der Waals surface area contributed by atoms with Gasteiger partial charge < -0.3 is 15.2 Å².